The van der Waals surface area contributed by atoms with Gasteiger partial charge in [-0.25, -0.2) is 0 Å². The highest BCUT2D eigenvalue weighted by Crippen LogP contribution is 2.34. The first kappa shape index (κ1) is 16.0. The number of methoxy groups -OCH3 is 1. The summed E-state index contributed by atoms with van der Waals surface area (Å²) in [6, 6.07) is 4.28. The van der Waals surface area contributed by atoms with Gasteiger partial charge in [-0.2, -0.15) is 0 Å². The molecule has 2 atom stereocenters. The predicted octanol–water partition coefficient (Wildman–Crippen LogP) is 2.80. The average Bonchev–Trinajstić information content (AvgIpc) is 2.33. The van der Waals surface area contributed by atoms with Crippen LogP contribution in [0.5, 0.6) is 5.75 Å². The highest BCUT2D eigenvalue weighted by Gasteiger charge is 2.25. The highest BCUT2D eigenvalue weighted by molar-refractivity contribution is 5.45. The molecule has 19 heavy (non-hydrogen) atoms. The first-order valence-electron chi connectivity index (χ1n) is 6.97. The zero-order chi connectivity index (χ0) is 14.6. The molecule has 0 aliphatic rings. The van der Waals surface area contributed by atoms with Crippen LogP contribution in [0.2, 0.25) is 0 Å². The van der Waals surface area contributed by atoms with E-state index >= 15 is 0 Å². The molecular formula is C16H28N2O. The van der Waals surface area contributed by atoms with Crippen LogP contribution in [-0.4, -0.2) is 20.7 Å². The molecule has 0 saturated heterocycles. The summed E-state index contributed by atoms with van der Waals surface area (Å²) >= 11 is 0. The third-order valence-corrected chi connectivity index (χ3v) is 3.77. The number of ether oxygens (including phenoxy) is 1. The van der Waals surface area contributed by atoms with E-state index < -0.39 is 0 Å². The molecule has 0 aliphatic carbocycles. The molecule has 0 amide bonds. The SMILES string of the molecule is CNCC(C(C)C)C(N)c1cc(C)cc(C)c1OC. The van der Waals surface area contributed by atoms with Crippen molar-refractivity contribution < 1.29 is 4.74 Å². The standard InChI is InChI=1S/C16H28N2O/c1-10(2)14(9-18-5)15(17)13-8-11(3)7-12(4)16(13)19-6/h7-8,10,14-15,18H,9,17H2,1-6H3. The van der Waals surface area contributed by atoms with Gasteiger partial charge in [-0.15, -0.1) is 0 Å². The van der Waals surface area contributed by atoms with Crippen LogP contribution < -0.4 is 15.8 Å². The summed E-state index contributed by atoms with van der Waals surface area (Å²) in [5.74, 6) is 1.84. The molecular weight excluding hydrogens is 236 g/mol. The maximum absolute atomic E-state index is 6.52. The van der Waals surface area contributed by atoms with E-state index in [2.05, 4.69) is 45.1 Å². The number of benzene rings is 1. The average molecular weight is 264 g/mol. The van der Waals surface area contributed by atoms with Crippen molar-refractivity contribution in [3.63, 3.8) is 0 Å². The number of aryl methyl sites for hydroxylation is 2. The maximum atomic E-state index is 6.52. The van der Waals surface area contributed by atoms with Crippen molar-refractivity contribution in [1.82, 2.24) is 5.32 Å². The normalized spacial score (nSPS) is 14.5. The van der Waals surface area contributed by atoms with E-state index in [-0.39, 0.29) is 6.04 Å². The lowest BCUT2D eigenvalue weighted by Gasteiger charge is -2.29. The fourth-order valence-electron chi connectivity index (χ4n) is 2.76. The molecule has 0 aromatic heterocycles. The lowest BCUT2D eigenvalue weighted by molar-refractivity contribution is 0.305. The molecule has 0 bridgehead atoms. The second kappa shape index (κ2) is 6.92. The first-order chi connectivity index (χ1) is 8.92. The van der Waals surface area contributed by atoms with Gasteiger partial charge < -0.3 is 15.8 Å². The number of rotatable bonds is 6. The molecule has 0 radical (unpaired) electrons. The van der Waals surface area contributed by atoms with Gasteiger partial charge in [0.1, 0.15) is 5.75 Å². The predicted molar refractivity (Wildman–Crippen MR) is 81.7 cm³/mol. The Labute approximate surface area is 117 Å². The van der Waals surface area contributed by atoms with Crippen molar-refractivity contribution in [2.45, 2.75) is 33.7 Å². The van der Waals surface area contributed by atoms with Gasteiger partial charge in [0, 0.05) is 11.6 Å². The van der Waals surface area contributed by atoms with Crippen LogP contribution >= 0.6 is 0 Å². The van der Waals surface area contributed by atoms with Gasteiger partial charge in [-0.1, -0.05) is 31.5 Å². The fraction of sp³-hybridized carbons (Fsp3) is 0.625. The molecule has 2 unspecified atom stereocenters. The summed E-state index contributed by atoms with van der Waals surface area (Å²) in [6.07, 6.45) is 0. The monoisotopic (exact) mass is 264 g/mol. The molecule has 108 valence electrons. The minimum atomic E-state index is -0.0130. The first-order valence-corrected chi connectivity index (χ1v) is 6.97. The van der Waals surface area contributed by atoms with E-state index in [1.54, 1.807) is 7.11 Å². The lowest BCUT2D eigenvalue weighted by Crippen LogP contribution is -2.33. The minimum absolute atomic E-state index is 0.0130. The van der Waals surface area contributed by atoms with E-state index in [1.807, 2.05) is 7.05 Å². The number of hydrogen-bond acceptors (Lipinski definition) is 3. The van der Waals surface area contributed by atoms with Gasteiger partial charge in [0.15, 0.2) is 0 Å². The van der Waals surface area contributed by atoms with Gasteiger partial charge in [-0.05, 0) is 44.8 Å². The minimum Gasteiger partial charge on any atom is -0.496 e. The van der Waals surface area contributed by atoms with Gasteiger partial charge in [0.05, 0.1) is 7.11 Å². The Kier molecular flexibility index (Phi) is 5.83. The van der Waals surface area contributed by atoms with Crippen molar-refractivity contribution in [3.05, 3.63) is 28.8 Å². The molecule has 0 heterocycles. The summed E-state index contributed by atoms with van der Waals surface area (Å²) in [5.41, 5.74) is 10.0. The largest absolute Gasteiger partial charge is 0.496 e. The van der Waals surface area contributed by atoms with E-state index in [1.165, 1.54) is 5.56 Å². The summed E-state index contributed by atoms with van der Waals surface area (Å²) < 4.78 is 5.56. The molecule has 3 heteroatoms. The third kappa shape index (κ3) is 3.71. The van der Waals surface area contributed by atoms with Gasteiger partial charge >= 0.3 is 0 Å². The topological polar surface area (TPSA) is 47.3 Å². The molecule has 3 N–H and O–H groups in total. The third-order valence-electron chi connectivity index (χ3n) is 3.77. The Balaban J connectivity index is 3.19. The summed E-state index contributed by atoms with van der Waals surface area (Å²) in [5, 5.41) is 3.25. The van der Waals surface area contributed by atoms with Crippen LogP contribution in [0.3, 0.4) is 0 Å². The molecule has 1 aromatic rings. The molecule has 0 aliphatic heterocycles. The summed E-state index contributed by atoms with van der Waals surface area (Å²) in [4.78, 5) is 0. The fourth-order valence-corrected chi connectivity index (χ4v) is 2.76. The van der Waals surface area contributed by atoms with Crippen LogP contribution in [0.25, 0.3) is 0 Å². The summed E-state index contributed by atoms with van der Waals surface area (Å²) in [6.45, 7) is 9.53. The van der Waals surface area contributed by atoms with Crippen LogP contribution in [0, 0.1) is 25.7 Å². The molecule has 1 aromatic carbocycles. The Hall–Kier alpha value is -1.06. The Morgan fingerprint density at radius 1 is 1.26 bits per heavy atom. The van der Waals surface area contributed by atoms with Crippen LogP contribution in [0.1, 0.15) is 36.6 Å². The number of nitrogens with two attached hydrogens (primary N) is 1. The Morgan fingerprint density at radius 2 is 1.89 bits per heavy atom. The molecule has 1 rings (SSSR count). The van der Waals surface area contributed by atoms with E-state index in [9.17, 15) is 0 Å². The van der Waals surface area contributed by atoms with Crippen molar-refractivity contribution in [2.75, 3.05) is 20.7 Å². The van der Waals surface area contributed by atoms with E-state index in [0.717, 1.165) is 23.4 Å². The second-order valence-electron chi connectivity index (χ2n) is 5.70. The van der Waals surface area contributed by atoms with Crippen LogP contribution in [0.15, 0.2) is 12.1 Å². The van der Waals surface area contributed by atoms with Crippen LogP contribution in [0.4, 0.5) is 0 Å². The van der Waals surface area contributed by atoms with Crippen molar-refractivity contribution in [1.29, 1.82) is 0 Å². The molecule has 0 spiro atoms. The Bertz CT molecular complexity index is 415. The number of hydrogen-bond donors (Lipinski definition) is 2. The van der Waals surface area contributed by atoms with Gasteiger partial charge in [0.2, 0.25) is 0 Å². The summed E-state index contributed by atoms with van der Waals surface area (Å²) in [7, 11) is 3.69. The van der Waals surface area contributed by atoms with E-state index in [4.69, 9.17) is 10.5 Å². The number of nitrogens with one attached hydrogen (secondary N) is 1. The zero-order valence-corrected chi connectivity index (χ0v) is 13.1. The zero-order valence-electron chi connectivity index (χ0n) is 13.1. The quantitative estimate of drug-likeness (QED) is 0.830. The van der Waals surface area contributed by atoms with Crippen molar-refractivity contribution in [3.8, 4) is 5.75 Å². The highest BCUT2D eigenvalue weighted by atomic mass is 16.5. The lowest BCUT2D eigenvalue weighted by atomic mass is 9.83. The van der Waals surface area contributed by atoms with Crippen molar-refractivity contribution in [2.24, 2.45) is 17.6 Å². The smallest absolute Gasteiger partial charge is 0.126 e. The maximum Gasteiger partial charge on any atom is 0.126 e. The molecule has 0 fully saturated rings. The second-order valence-corrected chi connectivity index (χ2v) is 5.70. The Morgan fingerprint density at radius 3 is 2.37 bits per heavy atom. The van der Waals surface area contributed by atoms with Crippen LogP contribution in [-0.2, 0) is 0 Å². The van der Waals surface area contributed by atoms with Gasteiger partial charge in [-0.3, -0.25) is 0 Å². The van der Waals surface area contributed by atoms with E-state index in [0.29, 0.717) is 11.8 Å². The molecule has 0 saturated carbocycles. The van der Waals surface area contributed by atoms with Crippen molar-refractivity contribution >= 4 is 0 Å². The molecule has 3 nitrogen and oxygen atoms in total. The van der Waals surface area contributed by atoms with Gasteiger partial charge in [0.25, 0.3) is 0 Å².